The van der Waals surface area contributed by atoms with Gasteiger partial charge in [0.25, 0.3) is 0 Å². The summed E-state index contributed by atoms with van der Waals surface area (Å²) in [5.41, 5.74) is 0. The van der Waals surface area contributed by atoms with Gasteiger partial charge in [0.15, 0.2) is 0 Å². The number of nitrogens with zero attached hydrogens (tertiary/aromatic N) is 2. The second-order valence-corrected chi connectivity index (χ2v) is 6.07. The maximum atomic E-state index is 12.4. The summed E-state index contributed by atoms with van der Waals surface area (Å²) in [6.07, 6.45) is 2.52. The van der Waals surface area contributed by atoms with Crippen LogP contribution in [0.25, 0.3) is 0 Å². The molecule has 20 heavy (non-hydrogen) atoms. The Bertz CT molecular complexity index is 461. The average Bonchev–Trinajstić information content (AvgIpc) is 3.13. The van der Waals surface area contributed by atoms with E-state index in [1.165, 1.54) is 4.90 Å². The molecule has 1 aliphatic carbocycles. The third kappa shape index (κ3) is 1.93. The number of nitrogens with one attached hydrogen (secondary N) is 1. The van der Waals surface area contributed by atoms with Gasteiger partial charge < -0.3 is 10.2 Å². The highest BCUT2D eigenvalue weighted by atomic mass is 16.2. The number of carbonyl (C=O) groups excluding carboxylic acids is 3. The number of fused-ring (bicyclic) bond motifs is 1. The Morgan fingerprint density at radius 3 is 2.60 bits per heavy atom. The molecule has 3 amide bonds. The molecule has 3 aliphatic rings. The smallest absolute Gasteiger partial charge is 0.236 e. The maximum absolute atomic E-state index is 12.4. The van der Waals surface area contributed by atoms with Gasteiger partial charge in [0.05, 0.1) is 24.5 Å². The van der Waals surface area contributed by atoms with E-state index in [2.05, 4.69) is 5.32 Å². The van der Waals surface area contributed by atoms with Gasteiger partial charge >= 0.3 is 0 Å². The first-order valence-electron chi connectivity index (χ1n) is 7.37. The Morgan fingerprint density at radius 1 is 1.30 bits per heavy atom. The van der Waals surface area contributed by atoms with E-state index in [1.807, 2.05) is 6.92 Å². The van der Waals surface area contributed by atoms with Crippen LogP contribution in [0.5, 0.6) is 0 Å². The van der Waals surface area contributed by atoms with E-state index in [9.17, 15) is 14.4 Å². The van der Waals surface area contributed by atoms with Crippen LogP contribution in [0, 0.1) is 11.8 Å². The number of carbonyl (C=O) groups is 3. The van der Waals surface area contributed by atoms with E-state index in [-0.39, 0.29) is 48.2 Å². The first-order chi connectivity index (χ1) is 9.56. The third-order valence-electron chi connectivity index (χ3n) is 4.70. The SMILES string of the molecule is CNCC(=O)N1CC[C@@H]2[C@@H]1[C@@H](C)C(=O)N2C(=O)C1CC1. The van der Waals surface area contributed by atoms with Crippen molar-refractivity contribution in [1.29, 1.82) is 0 Å². The Morgan fingerprint density at radius 2 is 2.00 bits per heavy atom. The van der Waals surface area contributed by atoms with Gasteiger partial charge in [-0.05, 0) is 26.3 Å². The molecule has 2 heterocycles. The first-order valence-corrected chi connectivity index (χ1v) is 7.37. The zero-order valence-electron chi connectivity index (χ0n) is 12.0. The fourth-order valence-corrected chi connectivity index (χ4v) is 3.56. The van der Waals surface area contributed by atoms with E-state index in [0.717, 1.165) is 12.8 Å². The quantitative estimate of drug-likeness (QED) is 0.713. The summed E-state index contributed by atoms with van der Waals surface area (Å²) in [7, 11) is 1.73. The molecule has 0 aromatic heterocycles. The molecule has 6 heteroatoms. The molecule has 3 atom stereocenters. The zero-order chi connectivity index (χ0) is 14.4. The lowest BCUT2D eigenvalue weighted by molar-refractivity contribution is -0.145. The van der Waals surface area contributed by atoms with Gasteiger partial charge in [0, 0.05) is 12.5 Å². The lowest BCUT2D eigenvalue weighted by Crippen LogP contribution is -2.45. The van der Waals surface area contributed by atoms with Crippen LogP contribution < -0.4 is 5.32 Å². The Hall–Kier alpha value is -1.43. The van der Waals surface area contributed by atoms with Crippen LogP contribution >= 0.6 is 0 Å². The normalized spacial score (nSPS) is 32.7. The van der Waals surface area contributed by atoms with E-state index < -0.39 is 0 Å². The molecule has 0 aromatic rings. The van der Waals surface area contributed by atoms with Crippen LogP contribution in [-0.4, -0.2) is 59.7 Å². The van der Waals surface area contributed by atoms with Crippen LogP contribution in [0.3, 0.4) is 0 Å². The van der Waals surface area contributed by atoms with Gasteiger partial charge in [0.2, 0.25) is 17.7 Å². The van der Waals surface area contributed by atoms with Crippen molar-refractivity contribution in [2.45, 2.75) is 38.3 Å². The minimum absolute atomic E-state index is 0.0142. The molecule has 0 radical (unpaired) electrons. The largest absolute Gasteiger partial charge is 0.336 e. The summed E-state index contributed by atoms with van der Waals surface area (Å²) in [4.78, 5) is 40.0. The number of amides is 3. The summed E-state index contributed by atoms with van der Waals surface area (Å²) >= 11 is 0. The van der Waals surface area contributed by atoms with Crippen molar-refractivity contribution in [2.75, 3.05) is 20.1 Å². The standard InChI is InChI=1S/C14H21N3O3/c1-8-12-10(5-6-16(12)11(18)7-15-2)17(13(8)19)14(20)9-3-4-9/h8-10,12,15H,3-7H2,1-2H3/t8-,10-,12+/m1/s1. The molecule has 2 aliphatic heterocycles. The van der Waals surface area contributed by atoms with Crippen LogP contribution in [0.4, 0.5) is 0 Å². The van der Waals surface area contributed by atoms with Gasteiger partial charge in [-0.3, -0.25) is 19.3 Å². The van der Waals surface area contributed by atoms with Crippen LogP contribution in [0.2, 0.25) is 0 Å². The minimum Gasteiger partial charge on any atom is -0.336 e. The molecule has 1 saturated carbocycles. The molecule has 6 nitrogen and oxygen atoms in total. The van der Waals surface area contributed by atoms with Crippen molar-refractivity contribution < 1.29 is 14.4 Å². The van der Waals surface area contributed by atoms with Crippen molar-refractivity contribution in [3.05, 3.63) is 0 Å². The van der Waals surface area contributed by atoms with E-state index in [1.54, 1.807) is 11.9 Å². The molecular weight excluding hydrogens is 258 g/mol. The number of rotatable bonds is 3. The lowest BCUT2D eigenvalue weighted by atomic mass is 10.0. The fraction of sp³-hybridized carbons (Fsp3) is 0.786. The van der Waals surface area contributed by atoms with Crippen LogP contribution in [-0.2, 0) is 14.4 Å². The Balaban J connectivity index is 1.81. The molecule has 3 fully saturated rings. The predicted octanol–water partition coefficient (Wildman–Crippen LogP) is -0.410. The second-order valence-electron chi connectivity index (χ2n) is 6.07. The number of hydrogen-bond acceptors (Lipinski definition) is 4. The monoisotopic (exact) mass is 279 g/mol. The molecule has 0 unspecified atom stereocenters. The van der Waals surface area contributed by atoms with Crippen molar-refractivity contribution in [3.63, 3.8) is 0 Å². The topological polar surface area (TPSA) is 69.7 Å². The summed E-state index contributed by atoms with van der Waals surface area (Å²) < 4.78 is 0. The minimum atomic E-state index is -0.272. The maximum Gasteiger partial charge on any atom is 0.236 e. The highest BCUT2D eigenvalue weighted by Crippen LogP contribution is 2.40. The van der Waals surface area contributed by atoms with E-state index >= 15 is 0 Å². The molecule has 3 rings (SSSR count). The van der Waals surface area contributed by atoms with E-state index in [4.69, 9.17) is 0 Å². The van der Waals surface area contributed by atoms with Gasteiger partial charge in [-0.2, -0.15) is 0 Å². The van der Waals surface area contributed by atoms with Crippen molar-refractivity contribution in [2.24, 2.45) is 11.8 Å². The molecular formula is C14H21N3O3. The van der Waals surface area contributed by atoms with Crippen molar-refractivity contribution in [1.82, 2.24) is 15.1 Å². The summed E-state index contributed by atoms with van der Waals surface area (Å²) in [6.45, 7) is 2.76. The Kier molecular flexibility index (Phi) is 3.28. The van der Waals surface area contributed by atoms with Crippen LogP contribution in [0.15, 0.2) is 0 Å². The molecule has 0 spiro atoms. The summed E-state index contributed by atoms with van der Waals surface area (Å²) in [5.74, 6) is -0.325. The highest BCUT2D eigenvalue weighted by Gasteiger charge is 2.56. The predicted molar refractivity (Wildman–Crippen MR) is 71.6 cm³/mol. The number of likely N-dealkylation sites (N-methyl/N-ethyl adjacent to an activating group) is 1. The van der Waals surface area contributed by atoms with Crippen LogP contribution in [0.1, 0.15) is 26.2 Å². The molecule has 110 valence electrons. The summed E-state index contributed by atoms with van der Waals surface area (Å²) in [5, 5.41) is 2.86. The Labute approximate surface area is 118 Å². The highest BCUT2D eigenvalue weighted by molar-refractivity contribution is 6.01. The summed E-state index contributed by atoms with van der Waals surface area (Å²) in [6, 6.07) is -0.238. The van der Waals surface area contributed by atoms with Gasteiger partial charge in [0.1, 0.15) is 0 Å². The molecule has 0 bridgehead atoms. The fourth-order valence-electron chi connectivity index (χ4n) is 3.56. The zero-order valence-corrected chi connectivity index (χ0v) is 12.0. The lowest BCUT2D eigenvalue weighted by Gasteiger charge is -2.26. The number of hydrogen-bond donors (Lipinski definition) is 1. The van der Waals surface area contributed by atoms with E-state index in [0.29, 0.717) is 13.0 Å². The molecule has 2 saturated heterocycles. The molecule has 0 aromatic carbocycles. The third-order valence-corrected chi connectivity index (χ3v) is 4.70. The second kappa shape index (κ2) is 4.84. The number of likely N-dealkylation sites (tertiary alicyclic amines) is 2. The van der Waals surface area contributed by atoms with Crippen molar-refractivity contribution in [3.8, 4) is 0 Å². The van der Waals surface area contributed by atoms with Gasteiger partial charge in [-0.25, -0.2) is 0 Å². The van der Waals surface area contributed by atoms with Crippen molar-refractivity contribution >= 4 is 17.7 Å². The van der Waals surface area contributed by atoms with Gasteiger partial charge in [-0.15, -0.1) is 0 Å². The average molecular weight is 279 g/mol. The number of imide groups is 1. The van der Waals surface area contributed by atoms with Gasteiger partial charge in [-0.1, -0.05) is 6.92 Å². The first kappa shape index (κ1) is 13.5. The molecule has 1 N–H and O–H groups in total.